The number of nitrogens with zero attached hydrogens (tertiary/aromatic N) is 2. The lowest BCUT2D eigenvalue weighted by molar-refractivity contribution is 0.348. The SMILES string of the molecule is COc1cc(-c2noc(C3(N)CC3)n2)ccc1F. The van der Waals surface area contributed by atoms with Crippen LogP contribution >= 0.6 is 0 Å². The molecule has 0 spiro atoms. The van der Waals surface area contributed by atoms with Crippen molar-refractivity contribution in [2.24, 2.45) is 5.73 Å². The molecule has 0 bridgehead atoms. The van der Waals surface area contributed by atoms with Crippen LogP contribution in [0.3, 0.4) is 0 Å². The van der Waals surface area contributed by atoms with Crippen LogP contribution in [0.2, 0.25) is 0 Å². The summed E-state index contributed by atoms with van der Waals surface area (Å²) in [7, 11) is 1.41. The Morgan fingerprint density at radius 3 is 2.89 bits per heavy atom. The van der Waals surface area contributed by atoms with Crippen molar-refractivity contribution in [2.45, 2.75) is 18.4 Å². The van der Waals surface area contributed by atoms with Crippen molar-refractivity contribution >= 4 is 0 Å². The van der Waals surface area contributed by atoms with Crippen LogP contribution in [0.1, 0.15) is 18.7 Å². The first-order valence-corrected chi connectivity index (χ1v) is 5.59. The highest BCUT2D eigenvalue weighted by Crippen LogP contribution is 2.42. The highest BCUT2D eigenvalue weighted by molar-refractivity contribution is 5.57. The molecule has 18 heavy (non-hydrogen) atoms. The van der Waals surface area contributed by atoms with E-state index in [0.29, 0.717) is 17.3 Å². The Morgan fingerprint density at radius 2 is 2.22 bits per heavy atom. The lowest BCUT2D eigenvalue weighted by Crippen LogP contribution is -2.18. The maximum Gasteiger partial charge on any atom is 0.247 e. The lowest BCUT2D eigenvalue weighted by Gasteiger charge is -2.02. The number of nitrogens with two attached hydrogens (primary N) is 1. The monoisotopic (exact) mass is 249 g/mol. The smallest absolute Gasteiger partial charge is 0.247 e. The second kappa shape index (κ2) is 3.78. The number of aromatic nitrogens is 2. The van der Waals surface area contributed by atoms with Crippen molar-refractivity contribution in [3.63, 3.8) is 0 Å². The predicted molar refractivity (Wildman–Crippen MR) is 61.3 cm³/mol. The van der Waals surface area contributed by atoms with Crippen molar-refractivity contribution in [1.29, 1.82) is 0 Å². The molecule has 94 valence electrons. The molecule has 1 aliphatic rings. The van der Waals surface area contributed by atoms with Gasteiger partial charge in [0.15, 0.2) is 11.6 Å². The molecule has 5 nitrogen and oxygen atoms in total. The molecule has 0 saturated heterocycles. The van der Waals surface area contributed by atoms with Gasteiger partial charge in [-0.25, -0.2) is 4.39 Å². The summed E-state index contributed by atoms with van der Waals surface area (Å²) in [4.78, 5) is 4.24. The maximum atomic E-state index is 13.3. The molecule has 2 N–H and O–H groups in total. The fourth-order valence-electron chi connectivity index (χ4n) is 1.69. The van der Waals surface area contributed by atoms with Crippen LogP contribution in [0, 0.1) is 5.82 Å². The topological polar surface area (TPSA) is 74.2 Å². The van der Waals surface area contributed by atoms with E-state index in [0.717, 1.165) is 12.8 Å². The summed E-state index contributed by atoms with van der Waals surface area (Å²) < 4.78 is 23.3. The molecule has 1 fully saturated rings. The number of hydrogen-bond acceptors (Lipinski definition) is 5. The summed E-state index contributed by atoms with van der Waals surface area (Å²) in [6.45, 7) is 0. The highest BCUT2D eigenvalue weighted by atomic mass is 19.1. The van der Waals surface area contributed by atoms with Gasteiger partial charge in [0, 0.05) is 5.56 Å². The van der Waals surface area contributed by atoms with Crippen molar-refractivity contribution in [3.8, 4) is 17.1 Å². The van der Waals surface area contributed by atoms with Crippen LogP contribution in [-0.2, 0) is 5.54 Å². The average molecular weight is 249 g/mol. The fourth-order valence-corrected chi connectivity index (χ4v) is 1.69. The van der Waals surface area contributed by atoms with Crippen LogP contribution in [0.25, 0.3) is 11.4 Å². The van der Waals surface area contributed by atoms with E-state index >= 15 is 0 Å². The van der Waals surface area contributed by atoms with Gasteiger partial charge in [0.05, 0.1) is 12.6 Å². The average Bonchev–Trinajstić information content (AvgIpc) is 2.94. The number of methoxy groups -OCH3 is 1. The molecular formula is C12H12FN3O2. The zero-order valence-corrected chi connectivity index (χ0v) is 9.81. The van der Waals surface area contributed by atoms with Crippen LogP contribution < -0.4 is 10.5 Å². The maximum absolute atomic E-state index is 13.3. The van der Waals surface area contributed by atoms with Gasteiger partial charge in [0.25, 0.3) is 0 Å². The first-order chi connectivity index (χ1) is 8.62. The van der Waals surface area contributed by atoms with E-state index in [1.54, 1.807) is 6.07 Å². The summed E-state index contributed by atoms with van der Waals surface area (Å²) in [5.41, 5.74) is 6.13. The third kappa shape index (κ3) is 1.74. The Morgan fingerprint density at radius 1 is 1.44 bits per heavy atom. The molecule has 6 heteroatoms. The first-order valence-electron chi connectivity index (χ1n) is 5.59. The minimum absolute atomic E-state index is 0.146. The van der Waals surface area contributed by atoms with Crippen molar-refractivity contribution in [1.82, 2.24) is 10.1 Å². The van der Waals surface area contributed by atoms with Gasteiger partial charge in [0.2, 0.25) is 11.7 Å². The Bertz CT molecular complexity index is 593. The lowest BCUT2D eigenvalue weighted by atomic mass is 10.2. The van der Waals surface area contributed by atoms with Gasteiger partial charge >= 0.3 is 0 Å². The van der Waals surface area contributed by atoms with E-state index in [1.807, 2.05) is 0 Å². The van der Waals surface area contributed by atoms with Crippen molar-refractivity contribution in [2.75, 3.05) is 7.11 Å². The van der Waals surface area contributed by atoms with Crippen molar-refractivity contribution in [3.05, 3.63) is 29.9 Å². The molecule has 3 rings (SSSR count). The third-order valence-corrected chi connectivity index (χ3v) is 3.05. The van der Waals surface area contributed by atoms with Gasteiger partial charge in [-0.3, -0.25) is 0 Å². The molecular weight excluding hydrogens is 237 g/mol. The molecule has 2 aromatic rings. The summed E-state index contributed by atoms with van der Waals surface area (Å²) in [5.74, 6) is 0.538. The predicted octanol–water partition coefficient (Wildman–Crippen LogP) is 1.83. The van der Waals surface area contributed by atoms with E-state index in [2.05, 4.69) is 10.1 Å². The van der Waals surface area contributed by atoms with Gasteiger partial charge in [0.1, 0.15) is 0 Å². The first kappa shape index (κ1) is 11.2. The Labute approximate surface area is 103 Å². The quantitative estimate of drug-likeness (QED) is 0.898. The molecule has 0 unspecified atom stereocenters. The van der Waals surface area contributed by atoms with E-state index in [-0.39, 0.29) is 5.75 Å². The Hall–Kier alpha value is -1.95. The minimum Gasteiger partial charge on any atom is -0.494 e. The van der Waals surface area contributed by atoms with Crippen LogP contribution in [0.4, 0.5) is 4.39 Å². The molecule has 1 heterocycles. The molecule has 1 saturated carbocycles. The van der Waals surface area contributed by atoms with Gasteiger partial charge in [-0.1, -0.05) is 5.16 Å². The molecule has 1 aromatic heterocycles. The van der Waals surface area contributed by atoms with E-state index < -0.39 is 11.4 Å². The molecule has 0 atom stereocenters. The van der Waals surface area contributed by atoms with Crippen molar-refractivity contribution < 1.29 is 13.7 Å². The second-order valence-corrected chi connectivity index (χ2v) is 4.43. The zero-order chi connectivity index (χ0) is 12.8. The Balaban J connectivity index is 1.97. The summed E-state index contributed by atoms with van der Waals surface area (Å²) >= 11 is 0. The van der Waals surface area contributed by atoms with E-state index in [4.69, 9.17) is 15.0 Å². The molecule has 0 amide bonds. The summed E-state index contributed by atoms with van der Waals surface area (Å²) in [6.07, 6.45) is 1.70. The van der Waals surface area contributed by atoms with Crippen LogP contribution in [0.15, 0.2) is 22.7 Å². The third-order valence-electron chi connectivity index (χ3n) is 3.05. The number of hydrogen-bond donors (Lipinski definition) is 1. The van der Waals surface area contributed by atoms with E-state index in [1.165, 1.54) is 19.2 Å². The number of rotatable bonds is 3. The number of halogens is 1. The van der Waals surface area contributed by atoms with Crippen LogP contribution in [0.5, 0.6) is 5.75 Å². The molecule has 0 aliphatic heterocycles. The van der Waals surface area contributed by atoms with Gasteiger partial charge in [-0.15, -0.1) is 0 Å². The summed E-state index contributed by atoms with van der Waals surface area (Å²) in [5, 5.41) is 3.85. The standard InChI is InChI=1S/C12H12FN3O2/c1-17-9-6-7(2-3-8(9)13)10-15-11(18-16-10)12(14)4-5-12/h2-3,6H,4-5,14H2,1H3. The fraction of sp³-hybridized carbons (Fsp3) is 0.333. The molecule has 1 aromatic carbocycles. The van der Waals surface area contributed by atoms with Gasteiger partial charge in [-0.2, -0.15) is 4.98 Å². The minimum atomic E-state index is -0.463. The largest absolute Gasteiger partial charge is 0.494 e. The number of ether oxygens (including phenoxy) is 1. The van der Waals surface area contributed by atoms with Crippen LogP contribution in [-0.4, -0.2) is 17.3 Å². The normalized spacial score (nSPS) is 16.6. The Kier molecular flexibility index (Phi) is 2.34. The van der Waals surface area contributed by atoms with Gasteiger partial charge < -0.3 is 15.0 Å². The van der Waals surface area contributed by atoms with Gasteiger partial charge in [-0.05, 0) is 31.0 Å². The number of benzene rings is 1. The molecule has 0 radical (unpaired) electrons. The second-order valence-electron chi connectivity index (χ2n) is 4.43. The van der Waals surface area contributed by atoms with E-state index in [9.17, 15) is 4.39 Å². The zero-order valence-electron chi connectivity index (χ0n) is 9.81. The summed E-state index contributed by atoms with van der Waals surface area (Å²) in [6, 6.07) is 4.40. The highest BCUT2D eigenvalue weighted by Gasteiger charge is 2.45. The molecule has 1 aliphatic carbocycles.